The molecule has 2 aromatic carbocycles. The molecule has 1 saturated heterocycles. The van der Waals surface area contributed by atoms with Gasteiger partial charge in [0.25, 0.3) is 5.91 Å². The first-order valence-corrected chi connectivity index (χ1v) is 10.5. The highest BCUT2D eigenvalue weighted by Crippen LogP contribution is 2.25. The fourth-order valence-electron chi connectivity index (χ4n) is 3.20. The molecule has 1 aromatic heterocycles. The summed E-state index contributed by atoms with van der Waals surface area (Å²) >= 11 is 6.05. The smallest absolute Gasteiger partial charge is 0.254 e. The Morgan fingerprint density at radius 3 is 2.32 bits per heavy atom. The minimum Gasteiger partial charge on any atom is -0.336 e. The van der Waals surface area contributed by atoms with Crippen molar-refractivity contribution in [1.82, 2.24) is 19.2 Å². The van der Waals surface area contributed by atoms with Crippen molar-refractivity contribution in [3.05, 3.63) is 65.4 Å². The summed E-state index contributed by atoms with van der Waals surface area (Å²) in [4.78, 5) is 23.0. The van der Waals surface area contributed by atoms with E-state index in [1.54, 1.807) is 53.7 Å². The standard InChI is InChI=1S/C19H17ClN4O3S/c20-15-3-1-2-4-18(15)28(26,27)24-11-9-23(10-12-24)19(25)14-5-6-16-17(13-14)22-8-7-21-16/h1-8,13H,9-12H2. The van der Waals surface area contributed by atoms with Crippen LogP contribution in [0.2, 0.25) is 5.02 Å². The maximum atomic E-state index is 12.8. The number of benzene rings is 2. The molecule has 4 rings (SSSR count). The lowest BCUT2D eigenvalue weighted by molar-refractivity contribution is 0.0698. The number of halogens is 1. The summed E-state index contributed by atoms with van der Waals surface area (Å²) in [5.74, 6) is -0.151. The number of carbonyl (C=O) groups excluding carboxylic acids is 1. The Hall–Kier alpha value is -2.55. The van der Waals surface area contributed by atoms with Crippen LogP contribution >= 0.6 is 11.6 Å². The molecule has 0 bridgehead atoms. The van der Waals surface area contributed by atoms with Gasteiger partial charge in [-0.15, -0.1) is 0 Å². The summed E-state index contributed by atoms with van der Waals surface area (Å²) in [5.41, 5.74) is 1.87. The molecule has 0 saturated carbocycles. The minimum atomic E-state index is -3.69. The second-order valence-corrected chi connectivity index (χ2v) is 8.70. The van der Waals surface area contributed by atoms with Gasteiger partial charge >= 0.3 is 0 Å². The highest BCUT2D eigenvalue weighted by Gasteiger charge is 2.31. The Bertz CT molecular complexity index is 1140. The van der Waals surface area contributed by atoms with Gasteiger partial charge in [0.05, 0.1) is 16.1 Å². The molecule has 2 heterocycles. The van der Waals surface area contributed by atoms with Crippen LogP contribution in [0.4, 0.5) is 0 Å². The molecular weight excluding hydrogens is 400 g/mol. The quantitative estimate of drug-likeness (QED) is 0.654. The Morgan fingerprint density at radius 1 is 0.929 bits per heavy atom. The summed E-state index contributed by atoms with van der Waals surface area (Å²) in [6.45, 7) is 1.04. The second-order valence-electron chi connectivity index (χ2n) is 6.39. The Morgan fingerprint density at radius 2 is 1.61 bits per heavy atom. The number of fused-ring (bicyclic) bond motifs is 1. The van der Waals surface area contributed by atoms with E-state index in [9.17, 15) is 13.2 Å². The average molecular weight is 417 g/mol. The zero-order valence-corrected chi connectivity index (χ0v) is 16.4. The highest BCUT2D eigenvalue weighted by atomic mass is 35.5. The third kappa shape index (κ3) is 3.46. The fraction of sp³-hybridized carbons (Fsp3) is 0.211. The van der Waals surface area contributed by atoms with Crippen molar-refractivity contribution in [2.75, 3.05) is 26.2 Å². The molecule has 0 aliphatic carbocycles. The number of hydrogen-bond donors (Lipinski definition) is 0. The van der Waals surface area contributed by atoms with Crippen molar-refractivity contribution in [2.45, 2.75) is 4.90 Å². The average Bonchev–Trinajstić information content (AvgIpc) is 2.73. The fourth-order valence-corrected chi connectivity index (χ4v) is 5.12. The molecule has 0 unspecified atom stereocenters. The normalized spacial score (nSPS) is 15.7. The van der Waals surface area contributed by atoms with Gasteiger partial charge in [0, 0.05) is 44.1 Å². The van der Waals surface area contributed by atoms with Gasteiger partial charge in [0.15, 0.2) is 0 Å². The Labute approximate surface area is 167 Å². The molecule has 0 atom stereocenters. The van der Waals surface area contributed by atoms with Crippen LogP contribution in [-0.2, 0) is 10.0 Å². The molecular formula is C19H17ClN4O3S. The van der Waals surface area contributed by atoms with E-state index in [0.717, 1.165) is 5.52 Å². The van der Waals surface area contributed by atoms with E-state index < -0.39 is 10.0 Å². The number of sulfonamides is 1. The molecule has 1 aliphatic heterocycles. The predicted octanol–water partition coefficient (Wildman–Crippen LogP) is 2.43. The first-order valence-electron chi connectivity index (χ1n) is 8.71. The van der Waals surface area contributed by atoms with Crippen molar-refractivity contribution in [2.24, 2.45) is 0 Å². The van der Waals surface area contributed by atoms with E-state index in [2.05, 4.69) is 9.97 Å². The van der Waals surface area contributed by atoms with Gasteiger partial charge in [0.2, 0.25) is 10.0 Å². The van der Waals surface area contributed by atoms with Crippen LogP contribution in [-0.4, -0.2) is 59.7 Å². The summed E-state index contributed by atoms with van der Waals surface area (Å²) in [5, 5.41) is 0.193. The SMILES string of the molecule is O=C(c1ccc2nccnc2c1)N1CCN(S(=O)(=O)c2ccccc2Cl)CC1. The van der Waals surface area contributed by atoms with Gasteiger partial charge in [-0.1, -0.05) is 23.7 Å². The number of carbonyl (C=O) groups is 1. The first kappa shape index (κ1) is 18.8. The van der Waals surface area contributed by atoms with E-state index in [4.69, 9.17) is 11.6 Å². The van der Waals surface area contributed by atoms with Crippen LogP contribution in [0.3, 0.4) is 0 Å². The Balaban J connectivity index is 1.49. The van der Waals surface area contributed by atoms with Gasteiger partial charge in [-0.3, -0.25) is 14.8 Å². The molecule has 0 spiro atoms. The van der Waals surface area contributed by atoms with Gasteiger partial charge in [-0.2, -0.15) is 4.31 Å². The summed E-state index contributed by atoms with van der Waals surface area (Å²) < 4.78 is 27.0. The van der Waals surface area contributed by atoms with Crippen LogP contribution in [0.1, 0.15) is 10.4 Å². The van der Waals surface area contributed by atoms with Gasteiger partial charge in [-0.25, -0.2) is 8.42 Å². The van der Waals surface area contributed by atoms with Crippen LogP contribution in [0.25, 0.3) is 11.0 Å². The van der Waals surface area contributed by atoms with E-state index in [1.807, 2.05) is 0 Å². The van der Waals surface area contributed by atoms with Crippen LogP contribution in [0.5, 0.6) is 0 Å². The minimum absolute atomic E-state index is 0.0875. The predicted molar refractivity (Wildman–Crippen MR) is 106 cm³/mol. The summed E-state index contributed by atoms with van der Waals surface area (Å²) in [7, 11) is -3.69. The zero-order chi connectivity index (χ0) is 19.7. The molecule has 1 fully saturated rings. The monoisotopic (exact) mass is 416 g/mol. The molecule has 144 valence electrons. The molecule has 0 radical (unpaired) electrons. The second kappa shape index (κ2) is 7.46. The largest absolute Gasteiger partial charge is 0.336 e. The molecule has 0 N–H and O–H groups in total. The zero-order valence-electron chi connectivity index (χ0n) is 14.8. The molecule has 7 nitrogen and oxygen atoms in total. The lowest BCUT2D eigenvalue weighted by Gasteiger charge is -2.34. The van der Waals surface area contributed by atoms with Crippen molar-refractivity contribution < 1.29 is 13.2 Å². The number of nitrogens with zero attached hydrogens (tertiary/aromatic N) is 4. The van der Waals surface area contributed by atoms with Crippen molar-refractivity contribution in [3.63, 3.8) is 0 Å². The van der Waals surface area contributed by atoms with E-state index in [-0.39, 0.29) is 28.9 Å². The maximum Gasteiger partial charge on any atom is 0.254 e. The number of amides is 1. The van der Waals surface area contributed by atoms with Gasteiger partial charge in [0.1, 0.15) is 4.90 Å². The first-order chi connectivity index (χ1) is 13.5. The highest BCUT2D eigenvalue weighted by molar-refractivity contribution is 7.89. The summed E-state index contributed by atoms with van der Waals surface area (Å²) in [6, 6.07) is 11.5. The van der Waals surface area contributed by atoms with Crippen molar-refractivity contribution >= 4 is 38.6 Å². The number of aromatic nitrogens is 2. The van der Waals surface area contributed by atoms with Crippen LogP contribution < -0.4 is 0 Å². The summed E-state index contributed by atoms with van der Waals surface area (Å²) in [6.07, 6.45) is 3.18. The van der Waals surface area contributed by atoms with E-state index in [1.165, 1.54) is 10.4 Å². The maximum absolute atomic E-state index is 12.8. The molecule has 1 aliphatic rings. The molecule has 9 heteroatoms. The Kier molecular flexibility index (Phi) is 5.01. The van der Waals surface area contributed by atoms with E-state index >= 15 is 0 Å². The number of hydrogen-bond acceptors (Lipinski definition) is 5. The molecule has 3 aromatic rings. The molecule has 1 amide bonds. The molecule has 28 heavy (non-hydrogen) atoms. The topological polar surface area (TPSA) is 83.5 Å². The van der Waals surface area contributed by atoms with Crippen molar-refractivity contribution in [3.8, 4) is 0 Å². The van der Waals surface area contributed by atoms with Crippen molar-refractivity contribution in [1.29, 1.82) is 0 Å². The van der Waals surface area contributed by atoms with Gasteiger partial charge in [-0.05, 0) is 30.3 Å². The lowest BCUT2D eigenvalue weighted by Crippen LogP contribution is -2.50. The van der Waals surface area contributed by atoms with Crippen LogP contribution in [0, 0.1) is 0 Å². The van der Waals surface area contributed by atoms with Gasteiger partial charge < -0.3 is 4.90 Å². The number of piperazine rings is 1. The van der Waals surface area contributed by atoms with Crippen LogP contribution in [0.15, 0.2) is 59.8 Å². The van der Waals surface area contributed by atoms with E-state index in [0.29, 0.717) is 24.2 Å². The number of rotatable bonds is 3. The third-order valence-electron chi connectivity index (χ3n) is 4.70. The lowest BCUT2D eigenvalue weighted by atomic mass is 10.1. The third-order valence-corrected chi connectivity index (χ3v) is 7.10.